The Kier molecular flexibility index (Phi) is 4.17. The third-order valence-corrected chi connectivity index (χ3v) is 4.78. The number of aromatic amines is 1. The van der Waals surface area contributed by atoms with E-state index < -0.39 is 0 Å². The van der Waals surface area contributed by atoms with Crippen LogP contribution in [0, 0.1) is 11.7 Å². The summed E-state index contributed by atoms with van der Waals surface area (Å²) >= 11 is 0. The molecule has 0 spiro atoms. The Morgan fingerprint density at radius 2 is 2.04 bits per heavy atom. The number of aromatic nitrogens is 2. The molecule has 0 bridgehead atoms. The van der Waals surface area contributed by atoms with E-state index in [9.17, 15) is 4.39 Å². The predicted molar refractivity (Wildman–Crippen MR) is 91.7 cm³/mol. The van der Waals surface area contributed by atoms with E-state index >= 15 is 0 Å². The van der Waals surface area contributed by atoms with Crippen LogP contribution in [-0.4, -0.2) is 29.9 Å². The van der Waals surface area contributed by atoms with Gasteiger partial charge < -0.3 is 10.1 Å². The summed E-state index contributed by atoms with van der Waals surface area (Å²) in [6.45, 7) is 2.54. The number of nitrogens with zero attached hydrogens (tertiary/aromatic N) is 1. The van der Waals surface area contributed by atoms with Crippen molar-refractivity contribution in [2.75, 3.05) is 19.7 Å². The molecule has 2 N–H and O–H groups in total. The van der Waals surface area contributed by atoms with Gasteiger partial charge in [-0.25, -0.2) is 4.39 Å². The average Bonchev–Trinajstić information content (AvgIpc) is 3.09. The first kappa shape index (κ1) is 15.1. The second kappa shape index (κ2) is 6.61. The SMILES string of the molecule is Fc1ccc([C@H]2CCNC[C@@H]2COc2ccc3[nH]ncc3c2)cc1. The van der Waals surface area contributed by atoms with E-state index in [1.54, 1.807) is 18.3 Å². The van der Waals surface area contributed by atoms with Gasteiger partial charge in [0.15, 0.2) is 0 Å². The smallest absolute Gasteiger partial charge is 0.123 e. The molecule has 1 aliphatic rings. The number of H-pyrrole nitrogens is 1. The summed E-state index contributed by atoms with van der Waals surface area (Å²) < 4.78 is 19.2. The standard InChI is InChI=1S/C19H20FN3O/c20-16-3-1-13(2-4-16)18-7-8-21-10-15(18)12-24-17-5-6-19-14(9-17)11-22-23-19/h1-6,9,11,15,18,21H,7-8,10,12H2,(H,22,23)/t15-,18-/m1/s1. The molecular weight excluding hydrogens is 305 g/mol. The zero-order valence-corrected chi connectivity index (χ0v) is 13.3. The van der Waals surface area contributed by atoms with Gasteiger partial charge in [0, 0.05) is 17.8 Å². The molecule has 1 fully saturated rings. The number of benzene rings is 2. The molecule has 5 heteroatoms. The third kappa shape index (κ3) is 3.12. The summed E-state index contributed by atoms with van der Waals surface area (Å²) in [6, 6.07) is 12.8. The first-order valence-electron chi connectivity index (χ1n) is 8.32. The maximum atomic E-state index is 13.2. The van der Waals surface area contributed by atoms with Crippen LogP contribution in [0.25, 0.3) is 10.9 Å². The lowest BCUT2D eigenvalue weighted by Crippen LogP contribution is -2.38. The van der Waals surface area contributed by atoms with Crippen molar-refractivity contribution in [3.05, 3.63) is 60.0 Å². The van der Waals surface area contributed by atoms with E-state index in [0.29, 0.717) is 18.4 Å². The van der Waals surface area contributed by atoms with Gasteiger partial charge in [-0.15, -0.1) is 0 Å². The van der Waals surface area contributed by atoms with E-state index in [0.717, 1.165) is 36.2 Å². The Morgan fingerprint density at radius 3 is 2.92 bits per heavy atom. The van der Waals surface area contributed by atoms with E-state index in [-0.39, 0.29) is 5.82 Å². The average molecular weight is 325 g/mol. The molecule has 2 aromatic carbocycles. The van der Waals surface area contributed by atoms with Crippen molar-refractivity contribution in [1.82, 2.24) is 15.5 Å². The first-order chi connectivity index (χ1) is 11.8. The van der Waals surface area contributed by atoms with Crippen molar-refractivity contribution >= 4 is 10.9 Å². The molecule has 2 heterocycles. The molecule has 0 amide bonds. The molecule has 1 aliphatic heterocycles. The highest BCUT2D eigenvalue weighted by atomic mass is 19.1. The quantitative estimate of drug-likeness (QED) is 0.772. The molecule has 3 aromatic rings. The van der Waals surface area contributed by atoms with Crippen LogP contribution < -0.4 is 10.1 Å². The van der Waals surface area contributed by atoms with Gasteiger partial charge in [-0.2, -0.15) is 5.10 Å². The van der Waals surface area contributed by atoms with Crippen molar-refractivity contribution in [2.24, 2.45) is 5.92 Å². The molecule has 24 heavy (non-hydrogen) atoms. The number of piperidine rings is 1. The van der Waals surface area contributed by atoms with Crippen LogP contribution >= 0.6 is 0 Å². The first-order valence-corrected chi connectivity index (χ1v) is 8.32. The molecule has 4 rings (SSSR count). The van der Waals surface area contributed by atoms with Crippen molar-refractivity contribution in [1.29, 1.82) is 0 Å². The fourth-order valence-electron chi connectivity index (χ4n) is 3.46. The van der Waals surface area contributed by atoms with Crippen molar-refractivity contribution < 1.29 is 9.13 Å². The zero-order chi connectivity index (χ0) is 16.4. The van der Waals surface area contributed by atoms with Crippen LogP contribution in [0.5, 0.6) is 5.75 Å². The van der Waals surface area contributed by atoms with Gasteiger partial charge in [0.1, 0.15) is 11.6 Å². The lowest BCUT2D eigenvalue weighted by Gasteiger charge is -2.32. The maximum absolute atomic E-state index is 13.2. The van der Waals surface area contributed by atoms with Crippen molar-refractivity contribution in [3.8, 4) is 5.75 Å². The Bertz CT molecular complexity index is 815. The second-order valence-corrected chi connectivity index (χ2v) is 6.34. The second-order valence-electron chi connectivity index (χ2n) is 6.34. The minimum atomic E-state index is -0.186. The summed E-state index contributed by atoms with van der Waals surface area (Å²) in [4.78, 5) is 0. The van der Waals surface area contributed by atoms with E-state index in [2.05, 4.69) is 15.5 Å². The van der Waals surface area contributed by atoms with Gasteiger partial charge in [0.2, 0.25) is 0 Å². The molecule has 1 aromatic heterocycles. The molecule has 2 atom stereocenters. The molecule has 0 radical (unpaired) electrons. The highest BCUT2D eigenvalue weighted by molar-refractivity contribution is 5.79. The van der Waals surface area contributed by atoms with Gasteiger partial charge >= 0.3 is 0 Å². The minimum absolute atomic E-state index is 0.186. The third-order valence-electron chi connectivity index (χ3n) is 4.78. The molecule has 0 saturated carbocycles. The van der Waals surface area contributed by atoms with Crippen LogP contribution in [0.3, 0.4) is 0 Å². The lowest BCUT2D eigenvalue weighted by atomic mass is 9.81. The molecule has 0 aliphatic carbocycles. The lowest BCUT2D eigenvalue weighted by molar-refractivity contribution is 0.197. The van der Waals surface area contributed by atoms with Crippen LogP contribution in [0.2, 0.25) is 0 Å². The van der Waals surface area contributed by atoms with Gasteiger partial charge in [-0.1, -0.05) is 12.1 Å². The Morgan fingerprint density at radius 1 is 1.17 bits per heavy atom. The summed E-state index contributed by atoms with van der Waals surface area (Å²) in [7, 11) is 0. The summed E-state index contributed by atoms with van der Waals surface area (Å²) in [5.41, 5.74) is 2.20. The summed E-state index contributed by atoms with van der Waals surface area (Å²) in [5.74, 6) is 1.43. The summed E-state index contributed by atoms with van der Waals surface area (Å²) in [6.07, 6.45) is 2.84. The van der Waals surface area contributed by atoms with Crippen LogP contribution in [0.4, 0.5) is 4.39 Å². The van der Waals surface area contributed by atoms with Crippen LogP contribution in [0.1, 0.15) is 17.9 Å². The maximum Gasteiger partial charge on any atom is 0.123 e. The fraction of sp³-hybridized carbons (Fsp3) is 0.316. The molecule has 124 valence electrons. The highest BCUT2D eigenvalue weighted by Gasteiger charge is 2.27. The van der Waals surface area contributed by atoms with Gasteiger partial charge in [-0.05, 0) is 54.8 Å². The Balaban J connectivity index is 1.47. The number of hydrogen-bond acceptors (Lipinski definition) is 3. The van der Waals surface area contributed by atoms with Crippen molar-refractivity contribution in [3.63, 3.8) is 0 Å². The molecule has 0 unspecified atom stereocenters. The summed E-state index contributed by atoms with van der Waals surface area (Å²) in [5, 5.41) is 11.5. The Hall–Kier alpha value is -2.40. The Labute approximate surface area is 140 Å². The zero-order valence-electron chi connectivity index (χ0n) is 13.3. The highest BCUT2D eigenvalue weighted by Crippen LogP contribution is 2.31. The number of hydrogen-bond donors (Lipinski definition) is 2. The normalized spacial score (nSPS) is 21.0. The predicted octanol–water partition coefficient (Wildman–Crippen LogP) is 3.47. The largest absolute Gasteiger partial charge is 0.493 e. The fourth-order valence-corrected chi connectivity index (χ4v) is 3.46. The van der Waals surface area contributed by atoms with Gasteiger partial charge in [0.25, 0.3) is 0 Å². The minimum Gasteiger partial charge on any atom is -0.493 e. The van der Waals surface area contributed by atoms with Crippen molar-refractivity contribution in [2.45, 2.75) is 12.3 Å². The number of ether oxygens (including phenoxy) is 1. The molecule has 4 nitrogen and oxygen atoms in total. The van der Waals surface area contributed by atoms with Gasteiger partial charge in [-0.3, -0.25) is 5.10 Å². The molecular formula is C19H20FN3O. The molecule has 1 saturated heterocycles. The van der Waals surface area contributed by atoms with E-state index in [4.69, 9.17) is 4.74 Å². The van der Waals surface area contributed by atoms with Gasteiger partial charge in [0.05, 0.1) is 18.3 Å². The van der Waals surface area contributed by atoms with Crippen LogP contribution in [0.15, 0.2) is 48.7 Å². The number of rotatable bonds is 4. The topological polar surface area (TPSA) is 49.9 Å². The number of halogens is 1. The monoisotopic (exact) mass is 325 g/mol. The van der Waals surface area contributed by atoms with E-state index in [1.807, 2.05) is 30.3 Å². The van der Waals surface area contributed by atoms with Crippen LogP contribution in [-0.2, 0) is 0 Å². The van der Waals surface area contributed by atoms with E-state index in [1.165, 1.54) is 5.56 Å². The number of fused-ring (bicyclic) bond motifs is 1. The number of nitrogens with one attached hydrogen (secondary N) is 2.